The highest BCUT2D eigenvalue weighted by atomic mass is 28.4. The average Bonchev–Trinajstić information content (AvgIpc) is 2.63. The number of hydrogen-bond donors (Lipinski definition) is 3. The number of rotatable bonds is 21. The normalized spacial score (nSPS) is 14.2. The van der Waals surface area contributed by atoms with Gasteiger partial charge in [-0.1, -0.05) is 25.7 Å². The van der Waals surface area contributed by atoms with Crippen molar-refractivity contribution in [1.29, 1.82) is 0 Å². The Morgan fingerprint density at radius 3 is 1.97 bits per heavy atom. The van der Waals surface area contributed by atoms with Crippen molar-refractivity contribution in [3.8, 4) is 0 Å². The van der Waals surface area contributed by atoms with E-state index in [2.05, 4.69) is 51.1 Å². The SMILES string of the molecule is C[Si](C)(C)CC[Si](C)(C)O[Si](C)(C)CCCOCC(O)CNCCOCCOCCO. The van der Waals surface area contributed by atoms with Gasteiger partial charge in [0.2, 0.25) is 0 Å². The van der Waals surface area contributed by atoms with Crippen molar-refractivity contribution in [2.45, 2.75) is 76.5 Å². The molecule has 0 rings (SSSR count). The largest absolute Gasteiger partial charge is 0.456 e. The molecule has 0 saturated carbocycles. The van der Waals surface area contributed by atoms with E-state index >= 15 is 0 Å². The first-order valence-corrected chi connectivity index (χ1v) is 21.7. The molecule has 0 aromatic rings. The lowest BCUT2D eigenvalue weighted by Gasteiger charge is -2.35. The minimum atomic E-state index is -1.67. The first-order chi connectivity index (χ1) is 14.4. The molecule has 1 unspecified atom stereocenters. The zero-order chi connectivity index (χ0) is 23.8. The van der Waals surface area contributed by atoms with Gasteiger partial charge in [-0.25, -0.2) is 0 Å². The Bertz CT molecular complexity index is 436. The van der Waals surface area contributed by atoms with Crippen LogP contribution in [0, 0.1) is 0 Å². The van der Waals surface area contributed by atoms with E-state index in [9.17, 15) is 5.11 Å². The quantitative estimate of drug-likeness (QED) is 0.166. The maximum Gasteiger partial charge on any atom is 0.173 e. The summed E-state index contributed by atoms with van der Waals surface area (Å²) in [5.74, 6) is 0. The van der Waals surface area contributed by atoms with Gasteiger partial charge in [-0.15, -0.1) is 0 Å². The smallest absolute Gasteiger partial charge is 0.173 e. The molecule has 7 nitrogen and oxygen atoms in total. The van der Waals surface area contributed by atoms with E-state index < -0.39 is 30.8 Å². The van der Waals surface area contributed by atoms with Crippen molar-refractivity contribution in [2.75, 3.05) is 59.3 Å². The zero-order valence-corrected chi connectivity index (χ0v) is 24.3. The maximum absolute atomic E-state index is 10.0. The molecule has 0 aromatic carbocycles. The van der Waals surface area contributed by atoms with E-state index in [4.69, 9.17) is 23.4 Å². The van der Waals surface area contributed by atoms with Crippen LogP contribution in [0.1, 0.15) is 6.42 Å². The molecule has 0 radical (unpaired) electrons. The van der Waals surface area contributed by atoms with E-state index in [-0.39, 0.29) is 6.61 Å². The molecule has 0 fully saturated rings. The summed E-state index contributed by atoms with van der Waals surface area (Å²) in [7, 11) is -4.27. The van der Waals surface area contributed by atoms with Gasteiger partial charge in [0.05, 0.1) is 45.7 Å². The Balaban J connectivity index is 3.74. The van der Waals surface area contributed by atoms with Crippen molar-refractivity contribution in [2.24, 2.45) is 0 Å². The van der Waals surface area contributed by atoms with Crippen molar-refractivity contribution in [3.63, 3.8) is 0 Å². The second-order valence-corrected chi connectivity index (χ2v) is 25.1. The minimum absolute atomic E-state index is 0.0353. The fraction of sp³-hybridized carbons (Fsp3) is 1.00. The van der Waals surface area contributed by atoms with Crippen molar-refractivity contribution in [1.82, 2.24) is 5.32 Å². The third kappa shape index (κ3) is 22.0. The van der Waals surface area contributed by atoms with Crippen LogP contribution in [0.4, 0.5) is 0 Å². The van der Waals surface area contributed by atoms with Gasteiger partial charge in [-0.3, -0.25) is 0 Å². The Morgan fingerprint density at radius 1 is 0.742 bits per heavy atom. The van der Waals surface area contributed by atoms with E-state index in [1.807, 2.05) is 0 Å². The third-order valence-corrected chi connectivity index (χ3v) is 14.5. The molecule has 31 heavy (non-hydrogen) atoms. The molecule has 3 N–H and O–H groups in total. The van der Waals surface area contributed by atoms with Crippen LogP contribution in [0.15, 0.2) is 0 Å². The molecule has 0 saturated heterocycles. The predicted molar refractivity (Wildman–Crippen MR) is 137 cm³/mol. The molecule has 188 valence electrons. The van der Waals surface area contributed by atoms with Crippen LogP contribution in [0.25, 0.3) is 0 Å². The standard InChI is InChI=1S/C21H51NO6Si3/c1-29(2,3)17-18-31(6,7)28-30(4,5)16-8-11-27-20-21(24)19-22-9-12-25-14-15-26-13-10-23/h21-24H,8-20H2,1-7H3. The molecule has 10 heteroatoms. The second kappa shape index (κ2) is 16.9. The highest BCUT2D eigenvalue weighted by Gasteiger charge is 2.33. The summed E-state index contributed by atoms with van der Waals surface area (Å²) in [6, 6.07) is 3.73. The molecule has 0 aliphatic carbocycles. The summed E-state index contributed by atoms with van der Waals surface area (Å²) < 4.78 is 22.9. The summed E-state index contributed by atoms with van der Waals surface area (Å²) in [6.45, 7) is 20.8. The summed E-state index contributed by atoms with van der Waals surface area (Å²) in [5.41, 5.74) is 0. The molecule has 0 heterocycles. The van der Waals surface area contributed by atoms with Gasteiger partial charge in [0.15, 0.2) is 16.6 Å². The van der Waals surface area contributed by atoms with Crippen LogP contribution in [0.2, 0.25) is 64.0 Å². The van der Waals surface area contributed by atoms with Gasteiger partial charge in [0.1, 0.15) is 0 Å². The lowest BCUT2D eigenvalue weighted by atomic mass is 10.4. The summed E-state index contributed by atoms with van der Waals surface area (Å²) in [4.78, 5) is 0. The Kier molecular flexibility index (Phi) is 17.1. The van der Waals surface area contributed by atoms with Crippen molar-refractivity contribution < 1.29 is 28.5 Å². The van der Waals surface area contributed by atoms with Crippen molar-refractivity contribution >= 4 is 24.7 Å². The zero-order valence-electron chi connectivity index (χ0n) is 21.3. The fourth-order valence-corrected chi connectivity index (χ4v) is 16.4. The molecule has 0 aliphatic heterocycles. The lowest BCUT2D eigenvalue weighted by Crippen LogP contribution is -2.45. The number of nitrogens with one attached hydrogen (secondary N) is 1. The fourth-order valence-electron chi connectivity index (χ4n) is 3.20. The van der Waals surface area contributed by atoms with Gasteiger partial charge >= 0.3 is 0 Å². The number of aliphatic hydroxyl groups excluding tert-OH is 2. The molecular formula is C21H51NO6Si3. The molecule has 0 amide bonds. The van der Waals surface area contributed by atoms with Gasteiger partial charge in [-0.2, -0.15) is 0 Å². The Hall–Kier alpha value is 0.371. The molecule has 0 bridgehead atoms. The summed E-state index contributed by atoms with van der Waals surface area (Å²) in [6.07, 6.45) is 0.478. The van der Waals surface area contributed by atoms with Gasteiger partial charge in [0.25, 0.3) is 0 Å². The lowest BCUT2D eigenvalue weighted by molar-refractivity contribution is 0.0276. The molecule has 1 atom stereocenters. The monoisotopic (exact) mass is 497 g/mol. The molecule has 0 aromatic heterocycles. The van der Waals surface area contributed by atoms with E-state index in [1.165, 1.54) is 12.1 Å². The average molecular weight is 498 g/mol. The topological polar surface area (TPSA) is 89.4 Å². The maximum atomic E-state index is 10.0. The van der Waals surface area contributed by atoms with Crippen LogP contribution >= 0.6 is 0 Å². The van der Waals surface area contributed by atoms with Crippen LogP contribution in [0.3, 0.4) is 0 Å². The second-order valence-electron chi connectivity index (χ2n) is 10.7. The summed E-state index contributed by atoms with van der Waals surface area (Å²) >= 11 is 0. The first kappa shape index (κ1) is 31.4. The van der Waals surface area contributed by atoms with Crippen LogP contribution < -0.4 is 5.32 Å². The van der Waals surface area contributed by atoms with Gasteiger partial charge < -0.3 is 33.9 Å². The highest BCUT2D eigenvalue weighted by Crippen LogP contribution is 2.26. The van der Waals surface area contributed by atoms with Crippen molar-refractivity contribution in [3.05, 3.63) is 0 Å². The summed E-state index contributed by atoms with van der Waals surface area (Å²) in [5, 5.41) is 21.8. The van der Waals surface area contributed by atoms with E-state index in [0.29, 0.717) is 52.7 Å². The highest BCUT2D eigenvalue weighted by molar-refractivity contribution is 6.86. The number of hydrogen-bond acceptors (Lipinski definition) is 7. The van der Waals surface area contributed by atoms with E-state index in [0.717, 1.165) is 12.5 Å². The minimum Gasteiger partial charge on any atom is -0.456 e. The van der Waals surface area contributed by atoms with Crippen LogP contribution in [-0.2, 0) is 18.3 Å². The molecular weight excluding hydrogens is 446 g/mol. The Morgan fingerprint density at radius 2 is 1.35 bits per heavy atom. The Labute approximate surface area is 194 Å². The molecule has 0 spiro atoms. The van der Waals surface area contributed by atoms with Gasteiger partial charge in [-0.05, 0) is 44.7 Å². The number of aliphatic hydroxyl groups is 2. The van der Waals surface area contributed by atoms with Crippen LogP contribution in [0.5, 0.6) is 0 Å². The number of ether oxygens (including phenoxy) is 3. The van der Waals surface area contributed by atoms with Gasteiger partial charge in [0, 0.05) is 27.8 Å². The molecule has 0 aliphatic rings. The third-order valence-electron chi connectivity index (χ3n) is 4.82. The van der Waals surface area contributed by atoms with E-state index in [1.54, 1.807) is 0 Å². The first-order valence-electron chi connectivity index (χ1n) is 11.8. The van der Waals surface area contributed by atoms with Crippen LogP contribution in [-0.4, -0.2) is 100 Å². The predicted octanol–water partition coefficient (Wildman–Crippen LogP) is 3.13.